The number of hydrazine groups is 1. The number of amides is 1. The summed E-state index contributed by atoms with van der Waals surface area (Å²) in [6, 6.07) is 5.33. The molecule has 0 unspecified atom stereocenters. The third kappa shape index (κ3) is 3.07. The summed E-state index contributed by atoms with van der Waals surface area (Å²) in [6.07, 6.45) is 3.19. The number of nitrogens with zero attached hydrogens (tertiary/aromatic N) is 1. The number of benzene rings is 1. The van der Waals surface area contributed by atoms with Gasteiger partial charge < -0.3 is 10.7 Å². The van der Waals surface area contributed by atoms with E-state index in [0.717, 1.165) is 17.7 Å². The molecule has 5 nitrogen and oxygen atoms in total. The van der Waals surface area contributed by atoms with Gasteiger partial charge in [0.05, 0.1) is 0 Å². The molecule has 2 rings (SSSR count). The summed E-state index contributed by atoms with van der Waals surface area (Å²) >= 11 is 0. The lowest BCUT2D eigenvalue weighted by Gasteiger charge is -2.08. The number of halogens is 2. The second-order valence-electron chi connectivity index (χ2n) is 4.00. The van der Waals surface area contributed by atoms with Gasteiger partial charge in [-0.15, -0.1) is 0 Å². The Labute approximate surface area is 113 Å². The number of aromatic nitrogens is 1. The van der Waals surface area contributed by atoms with E-state index in [4.69, 9.17) is 5.84 Å². The Kier molecular flexibility index (Phi) is 4.21. The molecular formula is C13H12F2N4O. The summed E-state index contributed by atoms with van der Waals surface area (Å²) in [5, 5.41) is 2.54. The van der Waals surface area contributed by atoms with Crippen LogP contribution in [0.3, 0.4) is 0 Å². The highest BCUT2D eigenvalue weighted by atomic mass is 19.1. The molecular weight excluding hydrogens is 266 g/mol. The molecule has 0 aliphatic heterocycles. The lowest BCUT2D eigenvalue weighted by Crippen LogP contribution is -2.23. The zero-order valence-corrected chi connectivity index (χ0v) is 10.4. The van der Waals surface area contributed by atoms with Crippen molar-refractivity contribution in [3.8, 4) is 0 Å². The van der Waals surface area contributed by atoms with E-state index >= 15 is 0 Å². The molecule has 0 bridgehead atoms. The highest BCUT2D eigenvalue weighted by molar-refractivity contribution is 5.94. The number of hydrogen-bond donors (Lipinski definition) is 3. The first-order chi connectivity index (χ1) is 9.61. The molecule has 1 heterocycles. The Morgan fingerprint density at radius 1 is 1.30 bits per heavy atom. The molecule has 1 amide bonds. The Morgan fingerprint density at radius 3 is 2.55 bits per heavy atom. The molecule has 7 heteroatoms. The third-order valence-corrected chi connectivity index (χ3v) is 2.62. The zero-order valence-electron chi connectivity index (χ0n) is 10.4. The van der Waals surface area contributed by atoms with Gasteiger partial charge in [-0.2, -0.15) is 0 Å². The smallest absolute Gasteiger partial charge is 0.251 e. The average Bonchev–Trinajstić information content (AvgIpc) is 2.45. The predicted octanol–water partition coefficient (Wildman–Crippen LogP) is 1.58. The molecule has 1 aromatic heterocycles. The summed E-state index contributed by atoms with van der Waals surface area (Å²) in [4.78, 5) is 15.7. The minimum Gasteiger partial charge on any atom is -0.348 e. The Hall–Kier alpha value is -2.54. The van der Waals surface area contributed by atoms with Crippen LogP contribution in [0.5, 0.6) is 0 Å². The van der Waals surface area contributed by atoms with Crippen molar-refractivity contribution in [2.24, 2.45) is 5.84 Å². The van der Waals surface area contributed by atoms with Crippen molar-refractivity contribution in [1.29, 1.82) is 0 Å². The summed E-state index contributed by atoms with van der Waals surface area (Å²) in [5.74, 6) is 2.52. The molecule has 104 valence electrons. The van der Waals surface area contributed by atoms with Crippen molar-refractivity contribution in [3.05, 3.63) is 59.4 Å². The number of carbonyl (C=O) groups is 1. The molecule has 0 spiro atoms. The number of nitrogens with two attached hydrogens (primary N) is 1. The van der Waals surface area contributed by atoms with Crippen LogP contribution in [0.25, 0.3) is 0 Å². The van der Waals surface area contributed by atoms with Crippen molar-refractivity contribution in [2.45, 2.75) is 6.54 Å². The molecule has 0 saturated heterocycles. The second kappa shape index (κ2) is 6.07. The summed E-state index contributed by atoms with van der Waals surface area (Å²) < 4.78 is 26.9. The van der Waals surface area contributed by atoms with Gasteiger partial charge in [-0.1, -0.05) is 6.07 Å². The lowest BCUT2D eigenvalue weighted by atomic mass is 10.1. The fraction of sp³-hybridized carbons (Fsp3) is 0.0769. The van der Waals surface area contributed by atoms with Crippen LogP contribution < -0.4 is 16.6 Å². The number of anilines is 1. The van der Waals surface area contributed by atoms with E-state index in [-0.39, 0.29) is 12.1 Å². The minimum atomic E-state index is -0.931. The monoisotopic (exact) mass is 278 g/mol. The van der Waals surface area contributed by atoms with E-state index in [9.17, 15) is 13.6 Å². The van der Waals surface area contributed by atoms with Gasteiger partial charge in [0.1, 0.15) is 5.69 Å². The van der Waals surface area contributed by atoms with Gasteiger partial charge in [-0.25, -0.2) is 8.78 Å². The molecule has 0 atom stereocenters. The van der Waals surface area contributed by atoms with Gasteiger partial charge in [-0.3, -0.25) is 15.6 Å². The van der Waals surface area contributed by atoms with Gasteiger partial charge in [0.25, 0.3) is 5.91 Å². The summed E-state index contributed by atoms with van der Waals surface area (Å²) in [7, 11) is 0. The lowest BCUT2D eigenvalue weighted by molar-refractivity contribution is 0.0950. The topological polar surface area (TPSA) is 80.0 Å². The highest BCUT2D eigenvalue weighted by Crippen LogP contribution is 2.19. The van der Waals surface area contributed by atoms with E-state index < -0.39 is 23.2 Å². The van der Waals surface area contributed by atoms with E-state index in [1.165, 1.54) is 0 Å². The van der Waals surface area contributed by atoms with Crippen molar-refractivity contribution in [3.63, 3.8) is 0 Å². The van der Waals surface area contributed by atoms with Crippen molar-refractivity contribution in [1.82, 2.24) is 10.3 Å². The number of rotatable bonds is 4. The average molecular weight is 278 g/mol. The largest absolute Gasteiger partial charge is 0.348 e. The van der Waals surface area contributed by atoms with Crippen LogP contribution in [0.15, 0.2) is 36.7 Å². The van der Waals surface area contributed by atoms with Gasteiger partial charge in [0.2, 0.25) is 0 Å². The number of carbonyl (C=O) groups excluding carboxylic acids is 1. The standard InChI is InChI=1S/C13H12F2N4O/c14-10-4-9(5-11(15)12(10)19-16)13(20)18-7-8-2-1-3-17-6-8/h1-6,19H,7,16H2,(H,18,20). The van der Waals surface area contributed by atoms with Crippen LogP contribution in [-0.4, -0.2) is 10.9 Å². The maximum absolute atomic E-state index is 13.5. The van der Waals surface area contributed by atoms with Crippen LogP contribution in [-0.2, 0) is 6.54 Å². The van der Waals surface area contributed by atoms with Crippen molar-refractivity contribution < 1.29 is 13.6 Å². The Morgan fingerprint density at radius 2 is 2.00 bits per heavy atom. The van der Waals surface area contributed by atoms with E-state index in [1.807, 2.05) is 5.43 Å². The minimum absolute atomic E-state index is 0.122. The first-order valence-electron chi connectivity index (χ1n) is 5.74. The van der Waals surface area contributed by atoms with Crippen molar-refractivity contribution in [2.75, 3.05) is 5.43 Å². The van der Waals surface area contributed by atoms with Gasteiger partial charge >= 0.3 is 0 Å². The molecule has 1 aromatic carbocycles. The second-order valence-corrected chi connectivity index (χ2v) is 4.00. The van der Waals surface area contributed by atoms with Gasteiger partial charge in [0.15, 0.2) is 11.6 Å². The molecule has 0 fully saturated rings. The number of nitrogens with one attached hydrogen (secondary N) is 2. The third-order valence-electron chi connectivity index (χ3n) is 2.62. The summed E-state index contributed by atoms with van der Waals surface area (Å²) in [5.41, 5.74) is 2.08. The van der Waals surface area contributed by atoms with Crippen LogP contribution in [0.1, 0.15) is 15.9 Å². The molecule has 4 N–H and O–H groups in total. The number of hydrogen-bond acceptors (Lipinski definition) is 4. The van der Waals surface area contributed by atoms with Crippen LogP contribution in [0.4, 0.5) is 14.5 Å². The zero-order chi connectivity index (χ0) is 14.5. The van der Waals surface area contributed by atoms with E-state index in [1.54, 1.807) is 24.5 Å². The molecule has 0 aliphatic carbocycles. The maximum Gasteiger partial charge on any atom is 0.251 e. The van der Waals surface area contributed by atoms with Crippen molar-refractivity contribution >= 4 is 11.6 Å². The Balaban J connectivity index is 2.10. The maximum atomic E-state index is 13.5. The molecule has 2 aromatic rings. The molecule has 0 aliphatic rings. The predicted molar refractivity (Wildman–Crippen MR) is 69.6 cm³/mol. The fourth-order valence-corrected chi connectivity index (χ4v) is 1.63. The van der Waals surface area contributed by atoms with Gasteiger partial charge in [0, 0.05) is 24.5 Å². The van der Waals surface area contributed by atoms with Crippen LogP contribution in [0.2, 0.25) is 0 Å². The quantitative estimate of drug-likeness (QED) is 0.586. The molecule has 20 heavy (non-hydrogen) atoms. The van der Waals surface area contributed by atoms with Crippen LogP contribution >= 0.6 is 0 Å². The van der Waals surface area contributed by atoms with Crippen LogP contribution in [0, 0.1) is 11.6 Å². The normalized spacial score (nSPS) is 10.2. The van der Waals surface area contributed by atoms with Gasteiger partial charge in [-0.05, 0) is 23.8 Å². The molecule has 0 saturated carbocycles. The van der Waals surface area contributed by atoms with E-state index in [0.29, 0.717) is 0 Å². The highest BCUT2D eigenvalue weighted by Gasteiger charge is 2.14. The molecule has 0 radical (unpaired) electrons. The summed E-state index contributed by atoms with van der Waals surface area (Å²) in [6.45, 7) is 0.215. The number of pyridine rings is 1. The van der Waals surface area contributed by atoms with E-state index in [2.05, 4.69) is 10.3 Å². The number of nitrogen functional groups attached to an aromatic ring is 1. The first kappa shape index (κ1) is 13.9. The Bertz CT molecular complexity index is 596. The fourth-order valence-electron chi connectivity index (χ4n) is 1.63. The first-order valence-corrected chi connectivity index (χ1v) is 5.74. The SMILES string of the molecule is NNc1c(F)cc(C(=O)NCc2cccnc2)cc1F.